The first-order valence-electron chi connectivity index (χ1n) is 8.13. The molecule has 0 saturated carbocycles. The molecule has 1 aliphatic rings. The second-order valence-electron chi connectivity index (χ2n) is 7.44. The standard InChI is InChI=1S/C17H30N4O/c1-6-7-8-19-15(22)13(11-18)12-20-14-9-16(2,3)21-17(4,5)10-14/h12,14,20-21H,6-10H2,1-5H3,(H,19,22)/b13-12-. The molecule has 1 heterocycles. The average Bonchev–Trinajstić information content (AvgIpc) is 2.36. The van der Waals surface area contributed by atoms with Crippen LogP contribution in [-0.2, 0) is 4.79 Å². The predicted molar refractivity (Wildman–Crippen MR) is 89.1 cm³/mol. The van der Waals surface area contributed by atoms with Gasteiger partial charge in [0.2, 0.25) is 0 Å². The number of unbranched alkanes of at least 4 members (excludes halogenated alkanes) is 1. The molecule has 0 radical (unpaired) electrons. The van der Waals surface area contributed by atoms with Crippen molar-refractivity contribution in [1.29, 1.82) is 5.26 Å². The van der Waals surface area contributed by atoms with Gasteiger partial charge in [0.25, 0.3) is 5.91 Å². The molecule has 0 bridgehead atoms. The van der Waals surface area contributed by atoms with Crippen LogP contribution < -0.4 is 16.0 Å². The molecule has 1 aliphatic heterocycles. The average molecular weight is 306 g/mol. The van der Waals surface area contributed by atoms with Crippen molar-refractivity contribution >= 4 is 5.91 Å². The van der Waals surface area contributed by atoms with E-state index in [2.05, 4.69) is 50.6 Å². The zero-order valence-corrected chi connectivity index (χ0v) is 14.5. The first kappa shape index (κ1) is 18.5. The maximum atomic E-state index is 11.9. The van der Waals surface area contributed by atoms with E-state index in [9.17, 15) is 4.79 Å². The summed E-state index contributed by atoms with van der Waals surface area (Å²) in [5.74, 6) is -0.295. The monoisotopic (exact) mass is 306 g/mol. The molecule has 3 N–H and O–H groups in total. The highest BCUT2D eigenvalue weighted by Gasteiger charge is 2.37. The fraction of sp³-hybridized carbons (Fsp3) is 0.765. The highest BCUT2D eigenvalue weighted by Crippen LogP contribution is 2.28. The molecule has 1 amide bonds. The van der Waals surface area contributed by atoms with Crippen LogP contribution in [0.3, 0.4) is 0 Å². The van der Waals surface area contributed by atoms with Gasteiger partial charge in [-0.15, -0.1) is 0 Å². The van der Waals surface area contributed by atoms with Gasteiger partial charge in [0.15, 0.2) is 0 Å². The number of nitrogens with zero attached hydrogens (tertiary/aromatic N) is 1. The van der Waals surface area contributed by atoms with Crippen LogP contribution in [0.2, 0.25) is 0 Å². The van der Waals surface area contributed by atoms with Crippen molar-refractivity contribution in [3.63, 3.8) is 0 Å². The predicted octanol–water partition coefficient (Wildman–Crippen LogP) is 2.21. The summed E-state index contributed by atoms with van der Waals surface area (Å²) in [5.41, 5.74) is 0.206. The van der Waals surface area contributed by atoms with E-state index in [1.165, 1.54) is 0 Å². The summed E-state index contributed by atoms with van der Waals surface area (Å²) in [6, 6.07) is 2.23. The van der Waals surface area contributed by atoms with Crippen molar-refractivity contribution < 1.29 is 4.79 Å². The Labute approximate surface area is 134 Å². The molecule has 124 valence electrons. The van der Waals surface area contributed by atoms with E-state index in [1.807, 2.05) is 6.07 Å². The minimum atomic E-state index is -0.295. The van der Waals surface area contributed by atoms with Gasteiger partial charge in [-0.3, -0.25) is 4.79 Å². The number of nitriles is 1. The van der Waals surface area contributed by atoms with Crippen LogP contribution in [0, 0.1) is 11.3 Å². The van der Waals surface area contributed by atoms with Gasteiger partial charge in [-0.2, -0.15) is 5.26 Å². The van der Waals surface area contributed by atoms with Crippen molar-refractivity contribution in [2.24, 2.45) is 0 Å². The minimum absolute atomic E-state index is 0.0312. The van der Waals surface area contributed by atoms with E-state index in [0.29, 0.717) is 6.54 Å². The SMILES string of the molecule is CCCCNC(=O)/C(C#N)=C\NC1CC(C)(C)NC(C)(C)C1. The summed E-state index contributed by atoms with van der Waals surface area (Å²) in [6.45, 7) is 11.4. The summed E-state index contributed by atoms with van der Waals surface area (Å²) in [7, 11) is 0. The molecule has 0 unspecified atom stereocenters. The van der Waals surface area contributed by atoms with Gasteiger partial charge in [-0.05, 0) is 47.0 Å². The van der Waals surface area contributed by atoms with Gasteiger partial charge in [0.05, 0.1) is 0 Å². The van der Waals surface area contributed by atoms with Crippen molar-refractivity contribution in [3.05, 3.63) is 11.8 Å². The summed E-state index contributed by atoms with van der Waals surface area (Å²) in [5, 5.41) is 18.8. The molecular formula is C17H30N4O. The van der Waals surface area contributed by atoms with E-state index in [1.54, 1.807) is 6.20 Å². The molecule has 0 aliphatic carbocycles. The van der Waals surface area contributed by atoms with Crippen LogP contribution in [-0.4, -0.2) is 29.6 Å². The highest BCUT2D eigenvalue weighted by molar-refractivity contribution is 5.97. The quantitative estimate of drug-likeness (QED) is 0.399. The first-order valence-corrected chi connectivity index (χ1v) is 8.13. The summed E-state index contributed by atoms with van der Waals surface area (Å²) in [4.78, 5) is 11.9. The smallest absolute Gasteiger partial charge is 0.263 e. The van der Waals surface area contributed by atoms with E-state index in [0.717, 1.165) is 25.7 Å². The lowest BCUT2D eigenvalue weighted by Crippen LogP contribution is -2.61. The molecule has 0 aromatic carbocycles. The van der Waals surface area contributed by atoms with E-state index in [4.69, 9.17) is 5.26 Å². The second kappa shape index (κ2) is 7.64. The zero-order chi connectivity index (χ0) is 16.8. The largest absolute Gasteiger partial charge is 0.387 e. The maximum absolute atomic E-state index is 11.9. The topological polar surface area (TPSA) is 77.0 Å². The first-order chi connectivity index (χ1) is 10.2. The van der Waals surface area contributed by atoms with Crippen LogP contribution in [0.1, 0.15) is 60.3 Å². The van der Waals surface area contributed by atoms with Crippen LogP contribution in [0.5, 0.6) is 0 Å². The fourth-order valence-corrected chi connectivity index (χ4v) is 3.26. The van der Waals surface area contributed by atoms with E-state index >= 15 is 0 Å². The molecule has 1 fully saturated rings. The van der Waals surface area contributed by atoms with Crippen molar-refractivity contribution in [2.75, 3.05) is 6.54 Å². The number of carbonyl (C=O) groups is 1. The lowest BCUT2D eigenvalue weighted by molar-refractivity contribution is -0.117. The third kappa shape index (κ3) is 6.07. The van der Waals surface area contributed by atoms with E-state index < -0.39 is 0 Å². The molecule has 22 heavy (non-hydrogen) atoms. The van der Waals surface area contributed by atoms with Gasteiger partial charge in [0.1, 0.15) is 11.6 Å². The summed E-state index contributed by atoms with van der Waals surface area (Å²) < 4.78 is 0. The molecule has 0 aromatic heterocycles. The molecule has 5 nitrogen and oxygen atoms in total. The molecule has 5 heteroatoms. The molecule has 1 rings (SSSR count). The molecule has 1 saturated heterocycles. The Morgan fingerprint density at radius 2 is 1.91 bits per heavy atom. The van der Waals surface area contributed by atoms with Crippen LogP contribution in [0.25, 0.3) is 0 Å². The van der Waals surface area contributed by atoms with Gasteiger partial charge < -0.3 is 16.0 Å². The molecule has 0 spiro atoms. The normalized spacial score (nSPS) is 21.0. The third-order valence-corrected chi connectivity index (χ3v) is 3.83. The lowest BCUT2D eigenvalue weighted by Gasteiger charge is -2.46. The number of carbonyl (C=O) groups excluding carboxylic acids is 1. The number of hydrogen-bond donors (Lipinski definition) is 3. The van der Waals surface area contributed by atoms with Crippen LogP contribution in [0.4, 0.5) is 0 Å². The van der Waals surface area contributed by atoms with Gasteiger partial charge in [-0.25, -0.2) is 0 Å². The van der Waals surface area contributed by atoms with Gasteiger partial charge >= 0.3 is 0 Å². The maximum Gasteiger partial charge on any atom is 0.263 e. The number of amides is 1. The zero-order valence-electron chi connectivity index (χ0n) is 14.5. The molecule has 0 aromatic rings. The Hall–Kier alpha value is -1.54. The van der Waals surface area contributed by atoms with Crippen LogP contribution in [0.15, 0.2) is 11.8 Å². The Morgan fingerprint density at radius 1 is 1.32 bits per heavy atom. The fourth-order valence-electron chi connectivity index (χ4n) is 3.26. The van der Waals surface area contributed by atoms with Crippen molar-refractivity contribution in [2.45, 2.75) is 77.4 Å². The Morgan fingerprint density at radius 3 is 2.41 bits per heavy atom. The molecule has 0 atom stereocenters. The van der Waals surface area contributed by atoms with Crippen molar-refractivity contribution in [1.82, 2.24) is 16.0 Å². The summed E-state index contributed by atoms with van der Waals surface area (Å²) >= 11 is 0. The number of piperidine rings is 1. The Kier molecular flexibility index (Phi) is 6.43. The Balaban J connectivity index is 2.64. The summed E-state index contributed by atoms with van der Waals surface area (Å²) in [6.07, 6.45) is 5.41. The minimum Gasteiger partial charge on any atom is -0.387 e. The highest BCUT2D eigenvalue weighted by atomic mass is 16.1. The lowest BCUT2D eigenvalue weighted by atomic mass is 9.80. The van der Waals surface area contributed by atoms with Gasteiger partial charge in [0, 0.05) is 29.9 Å². The second-order valence-corrected chi connectivity index (χ2v) is 7.44. The van der Waals surface area contributed by atoms with Crippen molar-refractivity contribution in [3.8, 4) is 6.07 Å². The number of rotatable bonds is 6. The number of nitrogens with one attached hydrogen (secondary N) is 3. The van der Waals surface area contributed by atoms with E-state index in [-0.39, 0.29) is 28.6 Å². The van der Waals surface area contributed by atoms with Crippen LogP contribution >= 0.6 is 0 Å². The van der Waals surface area contributed by atoms with Gasteiger partial charge in [-0.1, -0.05) is 13.3 Å². The Bertz CT molecular complexity index is 444. The molecular weight excluding hydrogens is 276 g/mol. The number of hydrogen-bond acceptors (Lipinski definition) is 4. The third-order valence-electron chi connectivity index (χ3n) is 3.83.